The normalized spacial score (nSPS) is 9.87. The average Bonchev–Trinajstić information content (AvgIpc) is 2.91. The fourth-order valence-corrected chi connectivity index (χ4v) is 2.60. The SMILES string of the molecule is CCOC(=O)C(=CNc1sc(CC)cc1C(=O)O)C(=O)OCC. The Balaban J connectivity index is 3.09. The van der Waals surface area contributed by atoms with Crippen LogP contribution in [0.15, 0.2) is 17.8 Å². The molecule has 1 heterocycles. The maximum atomic E-state index is 11.8. The van der Waals surface area contributed by atoms with Gasteiger partial charge in [-0.25, -0.2) is 14.4 Å². The first-order valence-electron chi connectivity index (χ1n) is 7.11. The molecule has 1 rings (SSSR count). The second kappa shape index (κ2) is 8.94. The van der Waals surface area contributed by atoms with Gasteiger partial charge >= 0.3 is 17.9 Å². The summed E-state index contributed by atoms with van der Waals surface area (Å²) >= 11 is 1.24. The van der Waals surface area contributed by atoms with Crippen LogP contribution >= 0.6 is 11.3 Å². The third-order valence-electron chi connectivity index (χ3n) is 2.70. The molecule has 126 valence electrons. The van der Waals surface area contributed by atoms with Gasteiger partial charge in [-0.2, -0.15) is 0 Å². The Morgan fingerprint density at radius 3 is 2.17 bits per heavy atom. The smallest absolute Gasteiger partial charge is 0.347 e. The molecule has 0 saturated heterocycles. The van der Waals surface area contributed by atoms with Crippen LogP contribution in [-0.4, -0.2) is 36.2 Å². The maximum absolute atomic E-state index is 11.8. The number of hydrogen-bond donors (Lipinski definition) is 2. The second-order valence-electron chi connectivity index (χ2n) is 4.26. The van der Waals surface area contributed by atoms with E-state index in [1.54, 1.807) is 19.9 Å². The molecule has 0 atom stereocenters. The van der Waals surface area contributed by atoms with Crippen molar-refractivity contribution < 1.29 is 29.0 Å². The van der Waals surface area contributed by atoms with Crippen molar-refractivity contribution in [2.24, 2.45) is 0 Å². The summed E-state index contributed by atoms with van der Waals surface area (Å²) in [6, 6.07) is 1.55. The molecule has 0 aromatic carbocycles. The van der Waals surface area contributed by atoms with Gasteiger partial charge in [-0.05, 0) is 26.3 Å². The minimum Gasteiger partial charge on any atom is -0.478 e. The maximum Gasteiger partial charge on any atom is 0.347 e. The number of aromatic carboxylic acids is 1. The lowest BCUT2D eigenvalue weighted by molar-refractivity contribution is -0.146. The summed E-state index contributed by atoms with van der Waals surface area (Å²) in [6.07, 6.45) is 1.80. The number of carbonyl (C=O) groups is 3. The van der Waals surface area contributed by atoms with Crippen LogP contribution in [0, 0.1) is 0 Å². The van der Waals surface area contributed by atoms with Gasteiger partial charge < -0.3 is 19.9 Å². The van der Waals surface area contributed by atoms with E-state index in [1.807, 2.05) is 6.92 Å². The third kappa shape index (κ3) is 5.10. The third-order valence-corrected chi connectivity index (χ3v) is 3.91. The van der Waals surface area contributed by atoms with Crippen molar-refractivity contribution in [1.29, 1.82) is 0 Å². The predicted molar refractivity (Wildman–Crippen MR) is 85.6 cm³/mol. The van der Waals surface area contributed by atoms with Crippen molar-refractivity contribution in [2.75, 3.05) is 18.5 Å². The first-order valence-corrected chi connectivity index (χ1v) is 7.93. The molecule has 0 amide bonds. The number of carboxylic acid groups (broad SMARTS) is 1. The highest BCUT2D eigenvalue weighted by molar-refractivity contribution is 7.16. The van der Waals surface area contributed by atoms with Crippen molar-refractivity contribution >= 4 is 34.2 Å². The summed E-state index contributed by atoms with van der Waals surface area (Å²) < 4.78 is 9.61. The lowest BCUT2D eigenvalue weighted by atomic mass is 10.2. The molecule has 0 aliphatic heterocycles. The molecular weight excluding hydrogens is 322 g/mol. The Kier molecular flexibility index (Phi) is 7.27. The summed E-state index contributed by atoms with van der Waals surface area (Å²) in [5.74, 6) is -2.75. The molecule has 0 radical (unpaired) electrons. The van der Waals surface area contributed by atoms with Crippen LogP contribution in [0.2, 0.25) is 0 Å². The Bertz CT molecular complexity index is 599. The highest BCUT2D eigenvalue weighted by atomic mass is 32.1. The van der Waals surface area contributed by atoms with E-state index in [0.29, 0.717) is 11.4 Å². The lowest BCUT2D eigenvalue weighted by Crippen LogP contribution is -2.19. The van der Waals surface area contributed by atoms with E-state index in [-0.39, 0.29) is 24.4 Å². The Morgan fingerprint density at radius 2 is 1.74 bits per heavy atom. The van der Waals surface area contributed by atoms with E-state index in [2.05, 4.69) is 5.32 Å². The molecule has 1 aromatic heterocycles. The van der Waals surface area contributed by atoms with Gasteiger partial charge in [0.15, 0.2) is 5.57 Å². The highest BCUT2D eigenvalue weighted by Gasteiger charge is 2.22. The van der Waals surface area contributed by atoms with Crippen molar-refractivity contribution in [2.45, 2.75) is 27.2 Å². The molecule has 7 nitrogen and oxygen atoms in total. The van der Waals surface area contributed by atoms with Crippen LogP contribution in [0.1, 0.15) is 36.0 Å². The van der Waals surface area contributed by atoms with Crippen LogP contribution < -0.4 is 5.32 Å². The Labute approximate surface area is 137 Å². The van der Waals surface area contributed by atoms with Gasteiger partial charge in [-0.1, -0.05) is 6.92 Å². The van der Waals surface area contributed by atoms with E-state index in [1.165, 1.54) is 11.3 Å². The topological polar surface area (TPSA) is 102 Å². The minimum absolute atomic E-state index is 0.0789. The standard InChI is InChI=1S/C15H19NO6S/c1-4-9-7-10(13(17)18)12(23-9)16-8-11(14(19)21-5-2)15(20)22-6-3/h7-8,16H,4-6H2,1-3H3,(H,17,18). The van der Waals surface area contributed by atoms with Crippen LogP contribution in [0.5, 0.6) is 0 Å². The fourth-order valence-electron chi connectivity index (χ4n) is 1.64. The number of carbonyl (C=O) groups excluding carboxylic acids is 2. The zero-order valence-corrected chi connectivity index (χ0v) is 14.0. The molecular formula is C15H19NO6S. The number of ether oxygens (including phenoxy) is 2. The number of thiophene rings is 1. The number of rotatable bonds is 8. The predicted octanol–water partition coefficient (Wildman–Crippen LogP) is 2.43. The number of anilines is 1. The van der Waals surface area contributed by atoms with Crippen molar-refractivity contribution in [3.05, 3.63) is 28.3 Å². The molecule has 0 bridgehead atoms. The molecule has 0 spiro atoms. The molecule has 0 aliphatic rings. The van der Waals surface area contributed by atoms with Crippen LogP contribution in [0.4, 0.5) is 5.00 Å². The summed E-state index contributed by atoms with van der Waals surface area (Å²) in [4.78, 5) is 35.7. The van der Waals surface area contributed by atoms with Gasteiger partial charge in [0.05, 0.1) is 18.8 Å². The summed E-state index contributed by atoms with van der Waals surface area (Å²) in [5, 5.41) is 12.2. The molecule has 0 saturated carbocycles. The number of aryl methyl sites for hydroxylation is 1. The zero-order valence-electron chi connectivity index (χ0n) is 13.2. The van der Waals surface area contributed by atoms with E-state index in [4.69, 9.17) is 9.47 Å². The van der Waals surface area contributed by atoms with E-state index in [9.17, 15) is 19.5 Å². The highest BCUT2D eigenvalue weighted by Crippen LogP contribution is 2.28. The van der Waals surface area contributed by atoms with Crippen LogP contribution in [-0.2, 0) is 25.5 Å². The fraction of sp³-hybridized carbons (Fsp3) is 0.400. The van der Waals surface area contributed by atoms with Gasteiger partial charge in [-0.15, -0.1) is 11.3 Å². The quantitative estimate of drug-likeness (QED) is 0.324. The number of carboxylic acids is 1. The van der Waals surface area contributed by atoms with Gasteiger partial charge in [0, 0.05) is 11.1 Å². The molecule has 23 heavy (non-hydrogen) atoms. The van der Waals surface area contributed by atoms with E-state index >= 15 is 0 Å². The minimum atomic E-state index is -1.09. The van der Waals surface area contributed by atoms with Gasteiger partial charge in [0.1, 0.15) is 5.00 Å². The number of nitrogens with one attached hydrogen (secondary N) is 1. The van der Waals surface area contributed by atoms with Crippen LogP contribution in [0.25, 0.3) is 0 Å². The summed E-state index contributed by atoms with van der Waals surface area (Å²) in [6.45, 7) is 5.34. The van der Waals surface area contributed by atoms with Gasteiger partial charge in [0.2, 0.25) is 0 Å². The monoisotopic (exact) mass is 341 g/mol. The van der Waals surface area contributed by atoms with Crippen molar-refractivity contribution in [3.63, 3.8) is 0 Å². The van der Waals surface area contributed by atoms with Gasteiger partial charge in [0.25, 0.3) is 0 Å². The lowest BCUT2D eigenvalue weighted by Gasteiger charge is -2.07. The largest absolute Gasteiger partial charge is 0.478 e. The second-order valence-corrected chi connectivity index (χ2v) is 5.39. The summed E-state index contributed by atoms with van der Waals surface area (Å²) in [5.41, 5.74) is -0.244. The molecule has 1 aromatic rings. The molecule has 0 aliphatic carbocycles. The first-order chi connectivity index (χ1) is 10.9. The molecule has 0 unspecified atom stereocenters. The van der Waals surface area contributed by atoms with Crippen molar-refractivity contribution in [1.82, 2.24) is 0 Å². The Hall–Kier alpha value is -2.35. The summed E-state index contributed by atoms with van der Waals surface area (Å²) in [7, 11) is 0. The van der Waals surface area contributed by atoms with Gasteiger partial charge in [-0.3, -0.25) is 0 Å². The number of hydrogen-bond acceptors (Lipinski definition) is 7. The molecule has 2 N–H and O–H groups in total. The number of esters is 2. The van der Waals surface area contributed by atoms with E-state index in [0.717, 1.165) is 11.1 Å². The van der Waals surface area contributed by atoms with E-state index < -0.39 is 17.9 Å². The Morgan fingerprint density at radius 1 is 1.17 bits per heavy atom. The average molecular weight is 341 g/mol. The van der Waals surface area contributed by atoms with Crippen molar-refractivity contribution in [3.8, 4) is 0 Å². The molecule has 0 fully saturated rings. The molecule has 8 heteroatoms. The first kappa shape index (κ1) is 18.7. The zero-order chi connectivity index (χ0) is 17.4. The van der Waals surface area contributed by atoms with Crippen LogP contribution in [0.3, 0.4) is 0 Å².